The van der Waals surface area contributed by atoms with Crippen LogP contribution in [0.2, 0.25) is 0 Å². The number of nitrogens with one attached hydrogen (secondary N) is 2. The van der Waals surface area contributed by atoms with Crippen LogP contribution in [0, 0.1) is 23.5 Å². The molecule has 3 fully saturated rings. The molecule has 9 heteroatoms. The highest BCUT2D eigenvalue weighted by Gasteiger charge is 2.63. The smallest absolute Gasteiger partial charge is 0.255 e. The number of hydrogen-bond donors (Lipinski definition) is 2. The first kappa shape index (κ1) is 27.6. The van der Waals surface area contributed by atoms with Gasteiger partial charge in [-0.3, -0.25) is 14.4 Å². The molecule has 0 spiro atoms. The molecule has 3 amide bonds. The largest absolute Gasteiger partial charge is 0.455 e. The normalized spacial score (nSPS) is 20.4. The molecule has 4 aromatic rings. The summed E-state index contributed by atoms with van der Waals surface area (Å²) >= 11 is 0. The molecule has 7 rings (SSSR count). The number of nitrogens with zero attached hydrogens (tertiary/aromatic N) is 1. The van der Waals surface area contributed by atoms with Gasteiger partial charge in [0, 0.05) is 37.6 Å². The van der Waals surface area contributed by atoms with E-state index in [1.165, 1.54) is 48.3 Å². The molecule has 7 nitrogen and oxygen atoms in total. The Bertz CT molecular complexity index is 1750. The van der Waals surface area contributed by atoms with E-state index >= 15 is 4.39 Å². The van der Waals surface area contributed by atoms with Gasteiger partial charge in [-0.05, 0) is 89.9 Å². The maximum Gasteiger partial charge on any atom is 0.255 e. The molecule has 3 saturated carbocycles. The van der Waals surface area contributed by atoms with E-state index in [4.69, 9.17) is 4.42 Å². The van der Waals surface area contributed by atoms with Gasteiger partial charge in [-0.1, -0.05) is 13.0 Å². The zero-order chi connectivity index (χ0) is 29.9. The van der Waals surface area contributed by atoms with Crippen LogP contribution < -0.4 is 10.6 Å². The van der Waals surface area contributed by atoms with Crippen LogP contribution in [-0.4, -0.2) is 49.3 Å². The van der Waals surface area contributed by atoms with Crippen LogP contribution in [-0.2, 0) is 11.2 Å². The molecule has 3 aromatic carbocycles. The molecule has 216 valence electrons. The molecule has 3 aliphatic carbocycles. The van der Waals surface area contributed by atoms with Gasteiger partial charge >= 0.3 is 0 Å². The van der Waals surface area contributed by atoms with Gasteiger partial charge in [0.1, 0.15) is 23.0 Å². The van der Waals surface area contributed by atoms with Gasteiger partial charge in [-0.15, -0.1) is 0 Å². The number of carbonyl (C=O) groups is 3. The number of halogens is 2. The van der Waals surface area contributed by atoms with Gasteiger partial charge in [-0.2, -0.15) is 0 Å². The maximum absolute atomic E-state index is 15.0. The average molecular weight is 572 g/mol. The molecule has 2 N–H and O–H groups in total. The summed E-state index contributed by atoms with van der Waals surface area (Å²) in [6.45, 7) is 2.10. The van der Waals surface area contributed by atoms with Crippen molar-refractivity contribution in [3.05, 3.63) is 82.9 Å². The first-order valence-corrected chi connectivity index (χ1v) is 13.9. The number of amides is 3. The van der Waals surface area contributed by atoms with Crippen LogP contribution in [0.5, 0.6) is 0 Å². The molecule has 1 atom stereocenters. The highest BCUT2D eigenvalue weighted by atomic mass is 19.1. The number of fused-ring (bicyclic) bond motifs is 1. The van der Waals surface area contributed by atoms with Gasteiger partial charge < -0.3 is 20.0 Å². The van der Waals surface area contributed by atoms with Gasteiger partial charge in [0.05, 0.1) is 17.5 Å². The molecule has 0 radical (unpaired) electrons. The van der Waals surface area contributed by atoms with E-state index in [1.807, 2.05) is 0 Å². The lowest BCUT2D eigenvalue weighted by molar-refractivity contribution is -0.127. The van der Waals surface area contributed by atoms with Crippen LogP contribution in [0.25, 0.3) is 33.4 Å². The molecule has 1 heterocycles. The van der Waals surface area contributed by atoms with Crippen molar-refractivity contribution in [2.75, 3.05) is 21.1 Å². The average Bonchev–Trinajstić information content (AvgIpc) is 3.33. The van der Waals surface area contributed by atoms with E-state index in [1.54, 1.807) is 32.3 Å². The zero-order valence-electron chi connectivity index (χ0n) is 23.8. The predicted molar refractivity (Wildman–Crippen MR) is 155 cm³/mol. The molecule has 3 aliphatic rings. The molecule has 0 saturated heterocycles. The summed E-state index contributed by atoms with van der Waals surface area (Å²) in [6, 6.07) is 13.3. The number of rotatable bonds is 7. The Labute approximate surface area is 241 Å². The third-order valence-corrected chi connectivity index (χ3v) is 9.03. The summed E-state index contributed by atoms with van der Waals surface area (Å²) in [5.41, 5.74) is 2.41. The van der Waals surface area contributed by atoms with Crippen molar-refractivity contribution in [2.24, 2.45) is 11.8 Å². The van der Waals surface area contributed by atoms with Crippen molar-refractivity contribution in [1.82, 2.24) is 15.5 Å². The van der Waals surface area contributed by atoms with E-state index in [0.717, 1.165) is 12.8 Å². The van der Waals surface area contributed by atoms with Crippen molar-refractivity contribution in [2.45, 2.75) is 31.7 Å². The Kier molecular flexibility index (Phi) is 6.63. The fourth-order valence-electron chi connectivity index (χ4n) is 6.18. The summed E-state index contributed by atoms with van der Waals surface area (Å²) in [7, 11) is 4.80. The summed E-state index contributed by atoms with van der Waals surface area (Å²) < 4.78 is 34.9. The highest BCUT2D eigenvalue weighted by molar-refractivity contribution is 6.12. The lowest BCUT2D eigenvalue weighted by Gasteiger charge is -2.67. The van der Waals surface area contributed by atoms with Crippen molar-refractivity contribution in [1.29, 1.82) is 0 Å². The minimum absolute atomic E-state index is 0.00107. The molecule has 1 unspecified atom stereocenters. The fourth-order valence-corrected chi connectivity index (χ4v) is 6.18. The lowest BCUT2D eigenvalue weighted by atomic mass is 9.43. The van der Waals surface area contributed by atoms with Gasteiger partial charge in [0.2, 0.25) is 5.91 Å². The number of furan rings is 1. The van der Waals surface area contributed by atoms with E-state index in [2.05, 4.69) is 17.6 Å². The first-order chi connectivity index (χ1) is 20.0. The Morgan fingerprint density at radius 1 is 0.976 bits per heavy atom. The van der Waals surface area contributed by atoms with Crippen molar-refractivity contribution in [3.8, 4) is 22.5 Å². The number of hydrogen-bond acceptors (Lipinski definition) is 4. The second-order valence-electron chi connectivity index (χ2n) is 11.6. The predicted octanol–water partition coefficient (Wildman–Crippen LogP) is 5.56. The quantitative estimate of drug-likeness (QED) is 0.304. The number of likely N-dealkylation sites (N-methyl/N-ethyl adjacent to an activating group) is 1. The topological polar surface area (TPSA) is 91.7 Å². The second-order valence-corrected chi connectivity index (χ2v) is 11.6. The Morgan fingerprint density at radius 2 is 1.67 bits per heavy atom. The summed E-state index contributed by atoms with van der Waals surface area (Å²) in [4.78, 5) is 40.7. The van der Waals surface area contributed by atoms with Gasteiger partial charge in [0.15, 0.2) is 0 Å². The number of benzene rings is 3. The van der Waals surface area contributed by atoms with E-state index in [0.29, 0.717) is 45.1 Å². The molecule has 42 heavy (non-hydrogen) atoms. The molecular formula is C33H31F2N3O4. The van der Waals surface area contributed by atoms with E-state index in [9.17, 15) is 18.8 Å². The highest BCUT2D eigenvalue weighted by Crippen LogP contribution is 2.61. The number of carbonyl (C=O) groups excluding carboxylic acids is 3. The first-order valence-electron chi connectivity index (χ1n) is 13.9. The van der Waals surface area contributed by atoms with Crippen LogP contribution in [0.4, 0.5) is 8.78 Å². The minimum Gasteiger partial charge on any atom is -0.455 e. The van der Waals surface area contributed by atoms with Crippen molar-refractivity contribution < 1.29 is 27.6 Å². The Morgan fingerprint density at radius 3 is 2.26 bits per heavy atom. The Balaban J connectivity index is 1.50. The van der Waals surface area contributed by atoms with Crippen LogP contribution >= 0.6 is 0 Å². The third kappa shape index (κ3) is 4.44. The molecular weight excluding hydrogens is 540 g/mol. The fraction of sp³-hybridized carbons (Fsp3) is 0.303. The third-order valence-electron chi connectivity index (χ3n) is 9.03. The monoisotopic (exact) mass is 571 g/mol. The summed E-state index contributed by atoms with van der Waals surface area (Å²) in [6.07, 6.45) is 1.82. The van der Waals surface area contributed by atoms with Crippen LogP contribution in [0.15, 0.2) is 59.0 Å². The Hall–Kier alpha value is -4.53. The summed E-state index contributed by atoms with van der Waals surface area (Å²) in [5, 5.41) is 6.16. The van der Waals surface area contributed by atoms with Gasteiger partial charge in [0.25, 0.3) is 11.8 Å². The maximum atomic E-state index is 15.0. The van der Waals surface area contributed by atoms with Gasteiger partial charge in [-0.25, -0.2) is 8.78 Å². The van der Waals surface area contributed by atoms with Crippen LogP contribution in [0.3, 0.4) is 0 Å². The van der Waals surface area contributed by atoms with Crippen LogP contribution in [0.1, 0.15) is 46.0 Å². The second kappa shape index (κ2) is 10.1. The zero-order valence-corrected chi connectivity index (χ0v) is 23.8. The van der Waals surface area contributed by atoms with E-state index in [-0.39, 0.29) is 34.8 Å². The SMILES string of the molecule is CNC(=O)c1c(-c2ccc(F)cc2)oc2cc(CC(=O)N(C)C)c(-c3ccc(F)c(C(=O)NC45CC(C4)C5C)c3)cc12. The summed E-state index contributed by atoms with van der Waals surface area (Å²) in [5.74, 6) is -0.892. The molecule has 1 aromatic heterocycles. The van der Waals surface area contributed by atoms with E-state index < -0.39 is 23.4 Å². The minimum atomic E-state index is -0.643. The van der Waals surface area contributed by atoms with Crippen molar-refractivity contribution in [3.63, 3.8) is 0 Å². The molecule has 0 aliphatic heterocycles. The molecule has 2 bridgehead atoms. The van der Waals surface area contributed by atoms with Crippen molar-refractivity contribution >= 4 is 28.7 Å². The standard InChI is InChI=1S/C33H31F2N3O4/c1-17-21-15-33(17,16-21)37-31(40)24-11-19(7-10-26(24)35)23-14-25-27(12-20(23)13-28(39)38(3)4)42-30(29(25)32(41)36-2)18-5-8-22(34)9-6-18/h5-12,14,17,21H,13,15-16H2,1-4H3,(H,36,41)(H,37,40). The lowest BCUT2D eigenvalue weighted by Crippen LogP contribution is -2.74.